The third-order valence-corrected chi connectivity index (χ3v) is 2.56. The van der Waals surface area contributed by atoms with Crippen LogP contribution in [0.15, 0.2) is 12.1 Å². The highest BCUT2D eigenvalue weighted by atomic mass is 19.1. The molecule has 2 nitrogen and oxygen atoms in total. The number of hydrogen-bond donors (Lipinski definition) is 0. The van der Waals surface area contributed by atoms with Crippen molar-refractivity contribution < 1.29 is 13.6 Å². The summed E-state index contributed by atoms with van der Waals surface area (Å²) >= 11 is 0. The van der Waals surface area contributed by atoms with Gasteiger partial charge < -0.3 is 4.90 Å². The maximum Gasteiger partial charge on any atom is 0.260 e. The summed E-state index contributed by atoms with van der Waals surface area (Å²) in [6.07, 6.45) is 5.82. The van der Waals surface area contributed by atoms with Crippen LogP contribution in [0.25, 0.3) is 0 Å². The van der Waals surface area contributed by atoms with Crippen LogP contribution in [0.4, 0.5) is 8.78 Å². The van der Waals surface area contributed by atoms with Gasteiger partial charge in [0, 0.05) is 6.54 Å². The highest BCUT2D eigenvalue weighted by Crippen LogP contribution is 2.18. The van der Waals surface area contributed by atoms with Gasteiger partial charge in [0.1, 0.15) is 17.2 Å². The smallest absolute Gasteiger partial charge is 0.260 e. The average Bonchev–Trinajstić information content (AvgIpc) is 2.34. The molecule has 0 unspecified atom stereocenters. The number of carbonyl (C=O) groups is 1. The van der Waals surface area contributed by atoms with Crippen molar-refractivity contribution in [2.45, 2.75) is 20.3 Å². The summed E-state index contributed by atoms with van der Waals surface area (Å²) in [6.45, 7) is 3.76. The number of nitrogens with zero attached hydrogens (tertiary/aromatic N) is 1. The molecule has 0 atom stereocenters. The second kappa shape index (κ2) is 6.15. The van der Waals surface area contributed by atoms with Gasteiger partial charge in [0.2, 0.25) is 0 Å². The van der Waals surface area contributed by atoms with Crippen LogP contribution >= 0.6 is 0 Å². The largest absolute Gasteiger partial charge is 0.327 e. The van der Waals surface area contributed by atoms with Gasteiger partial charge >= 0.3 is 0 Å². The highest BCUT2D eigenvalue weighted by Gasteiger charge is 2.23. The molecule has 0 aliphatic carbocycles. The number of aryl methyl sites for hydroxylation is 1. The standard InChI is InChI=1S/C14H15F2NO/c1-4-8-17(9-5-2)14(18)12-11(15)7-6-10(3)13(12)16/h1,6-7H,5,8-9H2,2-3H3. The van der Waals surface area contributed by atoms with E-state index in [0.29, 0.717) is 13.0 Å². The molecule has 0 radical (unpaired) electrons. The summed E-state index contributed by atoms with van der Waals surface area (Å²) in [7, 11) is 0. The molecule has 4 heteroatoms. The molecule has 1 aromatic carbocycles. The Morgan fingerprint density at radius 2 is 2.11 bits per heavy atom. The predicted octanol–water partition coefficient (Wildman–Crippen LogP) is 2.76. The normalized spacial score (nSPS) is 9.94. The van der Waals surface area contributed by atoms with E-state index < -0.39 is 23.1 Å². The van der Waals surface area contributed by atoms with Crippen molar-refractivity contribution in [2.75, 3.05) is 13.1 Å². The Morgan fingerprint density at radius 3 is 2.67 bits per heavy atom. The van der Waals surface area contributed by atoms with E-state index in [2.05, 4.69) is 5.92 Å². The molecule has 0 fully saturated rings. The van der Waals surface area contributed by atoms with Crippen molar-refractivity contribution in [2.24, 2.45) is 0 Å². The first kappa shape index (κ1) is 14.2. The summed E-state index contributed by atoms with van der Waals surface area (Å²) in [5, 5.41) is 0. The van der Waals surface area contributed by atoms with Crippen LogP contribution in [-0.2, 0) is 0 Å². The lowest BCUT2D eigenvalue weighted by Crippen LogP contribution is -2.33. The average molecular weight is 251 g/mol. The van der Waals surface area contributed by atoms with Crippen LogP contribution in [0, 0.1) is 30.9 Å². The van der Waals surface area contributed by atoms with E-state index in [9.17, 15) is 13.6 Å². The summed E-state index contributed by atoms with van der Waals surface area (Å²) < 4.78 is 27.4. The molecule has 1 amide bonds. The molecule has 0 heterocycles. The molecular formula is C14H15F2NO. The summed E-state index contributed by atoms with van der Waals surface area (Å²) in [4.78, 5) is 13.3. The molecule has 0 N–H and O–H groups in total. The van der Waals surface area contributed by atoms with Crippen molar-refractivity contribution in [3.63, 3.8) is 0 Å². The highest BCUT2D eigenvalue weighted by molar-refractivity contribution is 5.95. The Hall–Kier alpha value is -1.89. The zero-order valence-corrected chi connectivity index (χ0v) is 10.5. The molecular weight excluding hydrogens is 236 g/mol. The lowest BCUT2D eigenvalue weighted by Gasteiger charge is -2.20. The number of amides is 1. The molecule has 0 spiro atoms. The van der Waals surface area contributed by atoms with E-state index >= 15 is 0 Å². The number of benzene rings is 1. The molecule has 0 aliphatic heterocycles. The van der Waals surface area contributed by atoms with Crippen molar-refractivity contribution in [3.05, 3.63) is 34.9 Å². The van der Waals surface area contributed by atoms with E-state index in [0.717, 1.165) is 6.07 Å². The minimum Gasteiger partial charge on any atom is -0.327 e. The fourth-order valence-electron chi connectivity index (χ4n) is 1.64. The Balaban J connectivity index is 3.16. The van der Waals surface area contributed by atoms with Gasteiger partial charge in [0.25, 0.3) is 5.91 Å². The van der Waals surface area contributed by atoms with Crippen molar-refractivity contribution in [1.29, 1.82) is 0 Å². The Morgan fingerprint density at radius 1 is 1.44 bits per heavy atom. The lowest BCUT2D eigenvalue weighted by molar-refractivity contribution is 0.0767. The topological polar surface area (TPSA) is 20.3 Å². The summed E-state index contributed by atoms with van der Waals surface area (Å²) in [5.74, 6) is -0.0646. The molecule has 0 aliphatic rings. The van der Waals surface area contributed by atoms with Crippen LogP contribution in [-0.4, -0.2) is 23.9 Å². The van der Waals surface area contributed by atoms with Crippen LogP contribution in [0.5, 0.6) is 0 Å². The fourth-order valence-corrected chi connectivity index (χ4v) is 1.64. The maximum atomic E-state index is 13.8. The SMILES string of the molecule is C#CCN(CCC)C(=O)c1c(F)ccc(C)c1F. The van der Waals surface area contributed by atoms with E-state index in [1.54, 1.807) is 0 Å². The third kappa shape index (κ3) is 2.86. The number of carbonyl (C=O) groups excluding carboxylic acids is 1. The minimum atomic E-state index is -0.860. The van der Waals surface area contributed by atoms with Gasteiger partial charge in [-0.15, -0.1) is 6.42 Å². The van der Waals surface area contributed by atoms with Gasteiger partial charge in [-0.1, -0.05) is 18.9 Å². The van der Waals surface area contributed by atoms with Crippen LogP contribution < -0.4 is 0 Å². The van der Waals surface area contributed by atoms with E-state index in [-0.39, 0.29) is 12.1 Å². The second-order valence-corrected chi connectivity index (χ2v) is 3.98. The van der Waals surface area contributed by atoms with Gasteiger partial charge in [-0.3, -0.25) is 4.79 Å². The molecule has 18 heavy (non-hydrogen) atoms. The van der Waals surface area contributed by atoms with Crippen molar-refractivity contribution in [1.82, 2.24) is 4.90 Å². The van der Waals surface area contributed by atoms with Gasteiger partial charge in [-0.25, -0.2) is 8.78 Å². The predicted molar refractivity (Wildman–Crippen MR) is 66.1 cm³/mol. The van der Waals surface area contributed by atoms with Gasteiger partial charge in [0.05, 0.1) is 6.54 Å². The first-order chi connectivity index (χ1) is 8.52. The summed E-state index contributed by atoms with van der Waals surface area (Å²) in [6, 6.07) is 2.39. The van der Waals surface area contributed by atoms with Gasteiger partial charge in [0.15, 0.2) is 0 Å². The van der Waals surface area contributed by atoms with Crippen molar-refractivity contribution >= 4 is 5.91 Å². The zero-order chi connectivity index (χ0) is 13.7. The Labute approximate surface area is 106 Å². The zero-order valence-electron chi connectivity index (χ0n) is 10.5. The number of halogens is 2. The second-order valence-electron chi connectivity index (χ2n) is 3.98. The lowest BCUT2D eigenvalue weighted by atomic mass is 10.1. The van der Waals surface area contributed by atoms with Gasteiger partial charge in [-0.05, 0) is 25.0 Å². The minimum absolute atomic E-state index is 0.0412. The fraction of sp³-hybridized carbons (Fsp3) is 0.357. The molecule has 0 saturated heterocycles. The molecule has 0 aromatic heterocycles. The molecule has 0 bridgehead atoms. The third-order valence-electron chi connectivity index (χ3n) is 2.56. The maximum absolute atomic E-state index is 13.8. The number of terminal acetylenes is 1. The van der Waals surface area contributed by atoms with E-state index in [1.165, 1.54) is 17.9 Å². The van der Waals surface area contributed by atoms with Crippen LogP contribution in [0.3, 0.4) is 0 Å². The quantitative estimate of drug-likeness (QED) is 0.753. The Kier molecular flexibility index (Phi) is 4.85. The molecule has 1 aromatic rings. The number of hydrogen-bond acceptors (Lipinski definition) is 1. The molecule has 96 valence electrons. The van der Waals surface area contributed by atoms with E-state index in [4.69, 9.17) is 6.42 Å². The first-order valence-corrected chi connectivity index (χ1v) is 5.70. The number of rotatable bonds is 4. The molecule has 1 rings (SSSR count). The van der Waals surface area contributed by atoms with Crippen LogP contribution in [0.1, 0.15) is 29.3 Å². The van der Waals surface area contributed by atoms with Crippen LogP contribution in [0.2, 0.25) is 0 Å². The van der Waals surface area contributed by atoms with E-state index in [1.807, 2.05) is 6.92 Å². The monoisotopic (exact) mass is 251 g/mol. The van der Waals surface area contributed by atoms with Gasteiger partial charge in [-0.2, -0.15) is 0 Å². The first-order valence-electron chi connectivity index (χ1n) is 5.70. The Bertz CT molecular complexity index is 491. The summed E-state index contributed by atoms with van der Waals surface area (Å²) in [5.41, 5.74) is -0.296. The molecule has 0 saturated carbocycles. The van der Waals surface area contributed by atoms with Crippen molar-refractivity contribution in [3.8, 4) is 12.3 Å².